The van der Waals surface area contributed by atoms with E-state index in [9.17, 15) is 4.79 Å². The predicted molar refractivity (Wildman–Crippen MR) is 74.9 cm³/mol. The molecule has 5 heteroatoms. The van der Waals surface area contributed by atoms with Crippen molar-refractivity contribution in [1.82, 2.24) is 9.97 Å². The molecule has 0 aliphatic heterocycles. The van der Waals surface area contributed by atoms with Crippen LogP contribution in [0.15, 0.2) is 23.0 Å². The summed E-state index contributed by atoms with van der Waals surface area (Å²) in [5.41, 5.74) is 6.75. The summed E-state index contributed by atoms with van der Waals surface area (Å²) in [6.45, 7) is 4.19. The first kappa shape index (κ1) is 12.4. The molecule has 0 saturated carbocycles. The van der Waals surface area contributed by atoms with Crippen molar-refractivity contribution in [3.63, 3.8) is 0 Å². The molecule has 1 atom stereocenters. The molecule has 5 nitrogen and oxygen atoms in total. The smallest absolute Gasteiger partial charge is 0.260 e. The summed E-state index contributed by atoms with van der Waals surface area (Å²) in [4.78, 5) is 21.2. The first-order valence-electron chi connectivity index (χ1n) is 6.05. The van der Waals surface area contributed by atoms with Crippen LogP contribution in [0.4, 0.5) is 11.6 Å². The molecular formula is C13H18N4O. The Balaban J connectivity index is 2.56. The Morgan fingerprint density at radius 2 is 2.22 bits per heavy atom. The first-order chi connectivity index (χ1) is 8.52. The zero-order valence-electron chi connectivity index (χ0n) is 10.9. The first-order valence-corrected chi connectivity index (χ1v) is 6.05. The third-order valence-corrected chi connectivity index (χ3v) is 3.30. The fourth-order valence-corrected chi connectivity index (χ4v) is 1.79. The molecule has 1 aromatic carbocycles. The number of aromatic amines is 1. The van der Waals surface area contributed by atoms with E-state index < -0.39 is 0 Å². The molecule has 0 amide bonds. The van der Waals surface area contributed by atoms with Gasteiger partial charge in [-0.15, -0.1) is 0 Å². The fourth-order valence-electron chi connectivity index (χ4n) is 1.79. The van der Waals surface area contributed by atoms with E-state index in [1.54, 1.807) is 18.2 Å². The number of hydrogen-bond acceptors (Lipinski definition) is 4. The Morgan fingerprint density at radius 3 is 2.89 bits per heavy atom. The topological polar surface area (TPSA) is 75.0 Å². The number of nitrogen functional groups attached to an aromatic ring is 1. The van der Waals surface area contributed by atoms with Crippen LogP contribution in [-0.4, -0.2) is 23.1 Å². The normalized spacial score (nSPS) is 12.6. The molecule has 0 radical (unpaired) electrons. The second-order valence-corrected chi connectivity index (χ2v) is 4.53. The molecule has 0 aliphatic carbocycles. The van der Waals surface area contributed by atoms with Crippen LogP contribution in [-0.2, 0) is 0 Å². The van der Waals surface area contributed by atoms with Gasteiger partial charge in [0.15, 0.2) is 0 Å². The quantitative estimate of drug-likeness (QED) is 0.809. The van der Waals surface area contributed by atoms with Gasteiger partial charge >= 0.3 is 0 Å². The van der Waals surface area contributed by atoms with Gasteiger partial charge in [-0.1, -0.05) is 6.92 Å². The Kier molecular flexibility index (Phi) is 3.23. The van der Waals surface area contributed by atoms with Gasteiger partial charge in [0.05, 0.1) is 10.9 Å². The molecule has 0 spiro atoms. The SMILES string of the molecule is CCC(C)N(C)c1nc2ccc(N)cc2c(=O)[nH]1. The van der Waals surface area contributed by atoms with Crippen molar-refractivity contribution in [2.24, 2.45) is 0 Å². The molecular weight excluding hydrogens is 228 g/mol. The van der Waals surface area contributed by atoms with E-state index in [1.807, 2.05) is 11.9 Å². The Morgan fingerprint density at radius 1 is 1.50 bits per heavy atom. The molecule has 3 N–H and O–H groups in total. The van der Waals surface area contributed by atoms with Gasteiger partial charge in [-0.05, 0) is 31.5 Å². The van der Waals surface area contributed by atoms with Crippen molar-refractivity contribution in [1.29, 1.82) is 0 Å². The van der Waals surface area contributed by atoms with Crippen LogP contribution in [0.2, 0.25) is 0 Å². The lowest BCUT2D eigenvalue weighted by Crippen LogP contribution is -2.31. The van der Waals surface area contributed by atoms with Gasteiger partial charge in [0.25, 0.3) is 5.56 Å². The monoisotopic (exact) mass is 246 g/mol. The molecule has 96 valence electrons. The van der Waals surface area contributed by atoms with Crippen LogP contribution >= 0.6 is 0 Å². The average molecular weight is 246 g/mol. The van der Waals surface area contributed by atoms with Gasteiger partial charge in [-0.25, -0.2) is 4.98 Å². The number of nitrogens with one attached hydrogen (secondary N) is 1. The van der Waals surface area contributed by atoms with Crippen molar-refractivity contribution in [3.8, 4) is 0 Å². The third kappa shape index (κ3) is 2.16. The molecule has 1 unspecified atom stereocenters. The van der Waals surface area contributed by atoms with Crippen LogP contribution in [0.25, 0.3) is 10.9 Å². The second-order valence-electron chi connectivity index (χ2n) is 4.53. The summed E-state index contributed by atoms with van der Waals surface area (Å²) in [6.07, 6.45) is 0.986. The number of hydrogen-bond donors (Lipinski definition) is 2. The maximum absolute atomic E-state index is 12.0. The Bertz CT molecular complexity index is 620. The number of fused-ring (bicyclic) bond motifs is 1. The van der Waals surface area contributed by atoms with Gasteiger partial charge in [0, 0.05) is 18.8 Å². The molecule has 0 fully saturated rings. The van der Waals surface area contributed by atoms with Crippen LogP contribution in [0.5, 0.6) is 0 Å². The lowest BCUT2D eigenvalue weighted by Gasteiger charge is -2.24. The van der Waals surface area contributed by atoms with Crippen LogP contribution in [0.1, 0.15) is 20.3 Å². The highest BCUT2D eigenvalue weighted by molar-refractivity contribution is 5.81. The molecule has 1 aromatic heterocycles. The van der Waals surface area contributed by atoms with Crippen molar-refractivity contribution in [2.45, 2.75) is 26.3 Å². The van der Waals surface area contributed by atoms with E-state index in [-0.39, 0.29) is 5.56 Å². The number of aromatic nitrogens is 2. The highest BCUT2D eigenvalue weighted by atomic mass is 16.1. The minimum atomic E-state index is -0.155. The summed E-state index contributed by atoms with van der Waals surface area (Å²) in [7, 11) is 1.93. The summed E-state index contributed by atoms with van der Waals surface area (Å²) in [5.74, 6) is 0.589. The average Bonchev–Trinajstić information content (AvgIpc) is 2.37. The summed E-state index contributed by atoms with van der Waals surface area (Å²) < 4.78 is 0. The Hall–Kier alpha value is -2.04. The lowest BCUT2D eigenvalue weighted by atomic mass is 10.2. The highest BCUT2D eigenvalue weighted by Gasteiger charge is 2.12. The zero-order valence-corrected chi connectivity index (χ0v) is 10.9. The molecule has 2 aromatic rings. The van der Waals surface area contributed by atoms with Gasteiger partial charge < -0.3 is 10.6 Å². The van der Waals surface area contributed by atoms with E-state index in [2.05, 4.69) is 23.8 Å². The van der Waals surface area contributed by atoms with E-state index in [0.29, 0.717) is 28.6 Å². The number of nitrogens with zero attached hydrogens (tertiary/aromatic N) is 2. The number of benzene rings is 1. The second kappa shape index (κ2) is 4.68. The standard InChI is InChI=1S/C13H18N4O/c1-4-8(2)17(3)13-15-11-6-5-9(14)7-10(11)12(18)16-13/h5-8H,4,14H2,1-3H3,(H,15,16,18). The van der Waals surface area contributed by atoms with Gasteiger partial charge in [0.1, 0.15) is 0 Å². The van der Waals surface area contributed by atoms with Crippen molar-refractivity contribution >= 4 is 22.5 Å². The van der Waals surface area contributed by atoms with Crippen LogP contribution < -0.4 is 16.2 Å². The largest absolute Gasteiger partial charge is 0.399 e. The third-order valence-electron chi connectivity index (χ3n) is 3.30. The molecule has 18 heavy (non-hydrogen) atoms. The van der Waals surface area contributed by atoms with Gasteiger partial charge in [0.2, 0.25) is 5.95 Å². The van der Waals surface area contributed by atoms with Crippen LogP contribution in [0.3, 0.4) is 0 Å². The molecule has 2 rings (SSSR count). The van der Waals surface area contributed by atoms with E-state index >= 15 is 0 Å². The summed E-state index contributed by atoms with van der Waals surface area (Å²) in [6, 6.07) is 5.49. The van der Waals surface area contributed by atoms with Crippen molar-refractivity contribution < 1.29 is 0 Å². The van der Waals surface area contributed by atoms with E-state index in [1.165, 1.54) is 0 Å². The number of H-pyrrole nitrogens is 1. The van der Waals surface area contributed by atoms with E-state index in [4.69, 9.17) is 5.73 Å². The van der Waals surface area contributed by atoms with Crippen LogP contribution in [0, 0.1) is 0 Å². The molecule has 0 saturated heterocycles. The Labute approximate surface area is 106 Å². The van der Waals surface area contributed by atoms with Crippen molar-refractivity contribution in [2.75, 3.05) is 17.7 Å². The maximum Gasteiger partial charge on any atom is 0.260 e. The summed E-state index contributed by atoms with van der Waals surface area (Å²) >= 11 is 0. The molecule has 1 heterocycles. The molecule has 0 bridgehead atoms. The minimum absolute atomic E-state index is 0.155. The lowest BCUT2D eigenvalue weighted by molar-refractivity contribution is 0.649. The molecule has 0 aliphatic rings. The predicted octanol–water partition coefficient (Wildman–Crippen LogP) is 1.74. The zero-order chi connectivity index (χ0) is 13.3. The van der Waals surface area contributed by atoms with Gasteiger partial charge in [-0.2, -0.15) is 0 Å². The van der Waals surface area contributed by atoms with Crippen molar-refractivity contribution in [3.05, 3.63) is 28.6 Å². The maximum atomic E-state index is 12.0. The number of nitrogens with two attached hydrogens (primary N) is 1. The fraction of sp³-hybridized carbons (Fsp3) is 0.385. The number of anilines is 2. The van der Waals surface area contributed by atoms with Gasteiger partial charge in [-0.3, -0.25) is 9.78 Å². The highest BCUT2D eigenvalue weighted by Crippen LogP contribution is 2.15. The minimum Gasteiger partial charge on any atom is -0.399 e. The number of rotatable bonds is 3. The van der Waals surface area contributed by atoms with E-state index in [0.717, 1.165) is 6.42 Å². The summed E-state index contributed by atoms with van der Waals surface area (Å²) in [5, 5.41) is 0.524.